The quantitative estimate of drug-likeness (QED) is 0.510. The molecule has 0 bridgehead atoms. The average molecular weight is 250 g/mol. The van der Waals surface area contributed by atoms with Gasteiger partial charge in [0.25, 0.3) is 0 Å². The summed E-state index contributed by atoms with van der Waals surface area (Å²) in [6.45, 7) is 6.34. The molecule has 0 amide bonds. The van der Waals surface area contributed by atoms with Crippen LogP contribution in [0, 0.1) is 5.92 Å². The predicted octanol–water partition coefficient (Wildman–Crippen LogP) is 4.81. The van der Waals surface area contributed by atoms with Crippen LogP contribution in [0.25, 0.3) is 0 Å². The highest BCUT2D eigenvalue weighted by molar-refractivity contribution is 7.99. The molecule has 0 saturated carbocycles. The molecule has 94 valence electrons. The summed E-state index contributed by atoms with van der Waals surface area (Å²) >= 11 is 1.85. The lowest BCUT2D eigenvalue weighted by Gasteiger charge is -2.11. The van der Waals surface area contributed by atoms with Crippen LogP contribution in [-0.2, 0) is 0 Å². The fraction of sp³-hybridized carbons (Fsp3) is 0.533. The maximum atomic E-state index is 12.1. The number of Topliss-reactive ketones (excluding diaryl/α,β-unsaturated/α-hetero) is 1. The van der Waals surface area contributed by atoms with Gasteiger partial charge in [-0.15, -0.1) is 11.8 Å². The SMILES string of the molecule is CCCSc1ccc(C(=O)C(CC)CC)cc1. The zero-order valence-corrected chi connectivity index (χ0v) is 11.8. The van der Waals surface area contributed by atoms with Gasteiger partial charge in [-0.3, -0.25) is 4.79 Å². The van der Waals surface area contributed by atoms with Crippen molar-refractivity contribution < 1.29 is 4.79 Å². The molecule has 0 atom stereocenters. The van der Waals surface area contributed by atoms with Gasteiger partial charge in [0.15, 0.2) is 5.78 Å². The Kier molecular flexibility index (Phi) is 6.35. The van der Waals surface area contributed by atoms with Crippen LogP contribution >= 0.6 is 11.8 Å². The van der Waals surface area contributed by atoms with Crippen molar-refractivity contribution in [1.82, 2.24) is 0 Å². The average Bonchev–Trinajstić information content (AvgIpc) is 2.38. The molecule has 0 aliphatic rings. The summed E-state index contributed by atoms with van der Waals surface area (Å²) in [5.74, 6) is 1.62. The summed E-state index contributed by atoms with van der Waals surface area (Å²) < 4.78 is 0. The second kappa shape index (κ2) is 7.54. The van der Waals surface area contributed by atoms with Crippen molar-refractivity contribution in [3.05, 3.63) is 29.8 Å². The molecular formula is C15H22OS. The maximum Gasteiger partial charge on any atom is 0.165 e. The Balaban J connectivity index is 2.69. The largest absolute Gasteiger partial charge is 0.294 e. The second-order valence-corrected chi connectivity index (χ2v) is 5.42. The molecule has 0 N–H and O–H groups in total. The van der Waals surface area contributed by atoms with Crippen LogP contribution in [0.3, 0.4) is 0 Å². The number of ketones is 1. The molecule has 0 fully saturated rings. The summed E-state index contributed by atoms with van der Waals surface area (Å²) in [5, 5.41) is 0. The molecule has 0 spiro atoms. The van der Waals surface area contributed by atoms with Gasteiger partial charge in [-0.25, -0.2) is 0 Å². The molecule has 1 aromatic carbocycles. The summed E-state index contributed by atoms with van der Waals surface area (Å²) in [6.07, 6.45) is 3.04. The normalized spacial score (nSPS) is 10.8. The Labute approximate surface area is 109 Å². The molecule has 0 aromatic heterocycles. The summed E-state index contributed by atoms with van der Waals surface area (Å²) in [7, 11) is 0. The van der Waals surface area contributed by atoms with E-state index in [0.717, 1.165) is 24.2 Å². The number of carbonyl (C=O) groups is 1. The lowest BCUT2D eigenvalue weighted by atomic mass is 9.93. The molecule has 1 aromatic rings. The molecule has 1 nitrogen and oxygen atoms in total. The van der Waals surface area contributed by atoms with Crippen molar-refractivity contribution in [3.63, 3.8) is 0 Å². The number of carbonyl (C=O) groups excluding carboxylic acids is 1. The monoisotopic (exact) mass is 250 g/mol. The van der Waals surface area contributed by atoms with E-state index >= 15 is 0 Å². The summed E-state index contributed by atoms with van der Waals surface area (Å²) in [4.78, 5) is 13.4. The predicted molar refractivity (Wildman–Crippen MR) is 75.9 cm³/mol. The molecule has 17 heavy (non-hydrogen) atoms. The Morgan fingerprint density at radius 1 is 1.12 bits per heavy atom. The number of hydrogen-bond donors (Lipinski definition) is 0. The van der Waals surface area contributed by atoms with Crippen molar-refractivity contribution in [2.24, 2.45) is 5.92 Å². The minimum absolute atomic E-state index is 0.184. The van der Waals surface area contributed by atoms with Gasteiger partial charge in [-0.1, -0.05) is 32.9 Å². The van der Waals surface area contributed by atoms with Gasteiger partial charge < -0.3 is 0 Å². The smallest absolute Gasteiger partial charge is 0.165 e. The van der Waals surface area contributed by atoms with Crippen molar-refractivity contribution in [3.8, 4) is 0 Å². The molecule has 1 rings (SSSR count). The van der Waals surface area contributed by atoms with Crippen LogP contribution < -0.4 is 0 Å². The third-order valence-electron chi connectivity index (χ3n) is 2.97. The van der Waals surface area contributed by atoms with Crippen molar-refractivity contribution in [2.75, 3.05) is 5.75 Å². The first-order chi connectivity index (χ1) is 8.22. The van der Waals surface area contributed by atoms with Gasteiger partial charge in [-0.05, 0) is 37.1 Å². The minimum Gasteiger partial charge on any atom is -0.294 e. The van der Waals surface area contributed by atoms with Gasteiger partial charge >= 0.3 is 0 Å². The number of benzene rings is 1. The van der Waals surface area contributed by atoms with Gasteiger partial charge in [0.2, 0.25) is 0 Å². The molecule has 0 saturated heterocycles. The lowest BCUT2D eigenvalue weighted by Crippen LogP contribution is -2.12. The van der Waals surface area contributed by atoms with Gasteiger partial charge in [-0.2, -0.15) is 0 Å². The van der Waals surface area contributed by atoms with E-state index in [9.17, 15) is 4.79 Å². The van der Waals surface area contributed by atoms with Crippen LogP contribution in [-0.4, -0.2) is 11.5 Å². The first kappa shape index (κ1) is 14.3. The highest BCUT2D eigenvalue weighted by Crippen LogP contribution is 2.21. The first-order valence-electron chi connectivity index (χ1n) is 6.49. The third kappa shape index (κ3) is 4.19. The Hall–Kier alpha value is -0.760. The minimum atomic E-state index is 0.184. The van der Waals surface area contributed by atoms with E-state index in [-0.39, 0.29) is 5.92 Å². The van der Waals surface area contributed by atoms with Gasteiger partial charge in [0.1, 0.15) is 0 Å². The zero-order valence-electron chi connectivity index (χ0n) is 11.0. The number of rotatable bonds is 7. The zero-order chi connectivity index (χ0) is 12.7. The maximum absolute atomic E-state index is 12.1. The van der Waals surface area contributed by atoms with E-state index in [0.29, 0.717) is 5.78 Å². The standard InChI is InChI=1S/C15H22OS/c1-4-11-17-14-9-7-13(8-10-14)15(16)12(5-2)6-3/h7-10,12H,4-6,11H2,1-3H3. The van der Waals surface area contributed by atoms with Crippen molar-refractivity contribution >= 4 is 17.5 Å². The third-order valence-corrected chi connectivity index (χ3v) is 4.19. The fourth-order valence-corrected chi connectivity index (χ4v) is 2.60. The van der Waals surface area contributed by atoms with Crippen LogP contribution in [0.15, 0.2) is 29.2 Å². The summed E-state index contributed by atoms with van der Waals surface area (Å²) in [6, 6.07) is 8.07. The highest BCUT2D eigenvalue weighted by Gasteiger charge is 2.15. The molecule has 0 aliphatic carbocycles. The molecule has 0 heterocycles. The molecule has 0 unspecified atom stereocenters. The fourth-order valence-electron chi connectivity index (χ4n) is 1.83. The van der Waals surface area contributed by atoms with Crippen molar-refractivity contribution in [2.45, 2.75) is 44.9 Å². The van der Waals surface area contributed by atoms with E-state index in [2.05, 4.69) is 32.9 Å². The molecular weight excluding hydrogens is 228 g/mol. The summed E-state index contributed by atoms with van der Waals surface area (Å²) in [5.41, 5.74) is 0.861. The van der Waals surface area contributed by atoms with E-state index in [1.165, 1.54) is 11.3 Å². The topological polar surface area (TPSA) is 17.1 Å². The Morgan fingerprint density at radius 3 is 2.18 bits per heavy atom. The number of thioether (sulfide) groups is 1. The van der Waals surface area contributed by atoms with E-state index in [1.54, 1.807) is 0 Å². The molecule has 2 heteroatoms. The van der Waals surface area contributed by atoms with Gasteiger partial charge in [0, 0.05) is 16.4 Å². The van der Waals surface area contributed by atoms with Crippen LogP contribution in [0.4, 0.5) is 0 Å². The van der Waals surface area contributed by atoms with E-state index in [4.69, 9.17) is 0 Å². The lowest BCUT2D eigenvalue weighted by molar-refractivity contribution is 0.0913. The van der Waals surface area contributed by atoms with E-state index < -0.39 is 0 Å². The van der Waals surface area contributed by atoms with Crippen molar-refractivity contribution in [1.29, 1.82) is 0 Å². The highest BCUT2D eigenvalue weighted by atomic mass is 32.2. The van der Waals surface area contributed by atoms with Crippen LogP contribution in [0.2, 0.25) is 0 Å². The number of hydrogen-bond acceptors (Lipinski definition) is 2. The Bertz CT molecular complexity index is 338. The Morgan fingerprint density at radius 2 is 1.71 bits per heavy atom. The molecule has 0 radical (unpaired) electrons. The molecule has 0 aliphatic heterocycles. The van der Waals surface area contributed by atoms with Crippen LogP contribution in [0.1, 0.15) is 50.4 Å². The van der Waals surface area contributed by atoms with E-state index in [1.807, 2.05) is 23.9 Å². The van der Waals surface area contributed by atoms with Crippen LogP contribution in [0.5, 0.6) is 0 Å². The first-order valence-corrected chi connectivity index (χ1v) is 7.48. The second-order valence-electron chi connectivity index (χ2n) is 4.25. The van der Waals surface area contributed by atoms with Gasteiger partial charge in [0.05, 0.1) is 0 Å².